The van der Waals surface area contributed by atoms with Gasteiger partial charge >= 0.3 is 0 Å². The number of hydrogen-bond donors (Lipinski definition) is 0. The summed E-state index contributed by atoms with van der Waals surface area (Å²) in [6.07, 6.45) is 1.39. The zero-order valence-corrected chi connectivity index (χ0v) is 10.0. The molecule has 1 amide bonds. The zero-order valence-electron chi connectivity index (χ0n) is 8.49. The lowest BCUT2D eigenvalue weighted by atomic mass is 10.2. The number of carbonyl (C=O) groups is 1. The average molecular weight is 264 g/mol. The number of carbonyl (C=O) groups excluding carboxylic acids is 1. The molecule has 0 bridgehead atoms. The summed E-state index contributed by atoms with van der Waals surface area (Å²) in [6, 6.07) is 1.46. The van der Waals surface area contributed by atoms with E-state index >= 15 is 0 Å². The highest BCUT2D eigenvalue weighted by molar-refractivity contribution is 6.32. The molecule has 1 atom stereocenters. The van der Waals surface area contributed by atoms with Crippen LogP contribution in [-0.4, -0.2) is 42.5 Å². The third-order valence-corrected chi connectivity index (χ3v) is 3.16. The molecule has 1 aliphatic heterocycles. The van der Waals surface area contributed by atoms with Gasteiger partial charge in [-0.1, -0.05) is 0 Å². The second-order valence-electron chi connectivity index (χ2n) is 3.49. The Morgan fingerprint density at radius 1 is 1.62 bits per heavy atom. The Morgan fingerprint density at radius 2 is 2.44 bits per heavy atom. The van der Waals surface area contributed by atoms with Crippen LogP contribution >= 0.6 is 23.2 Å². The summed E-state index contributed by atoms with van der Waals surface area (Å²) in [4.78, 5) is 13.8. The largest absolute Gasteiger partial charge is 0.452 e. The van der Waals surface area contributed by atoms with Crippen LogP contribution in [0.15, 0.2) is 16.7 Å². The lowest BCUT2D eigenvalue weighted by Gasteiger charge is -2.34. The van der Waals surface area contributed by atoms with E-state index < -0.39 is 0 Å². The van der Waals surface area contributed by atoms with Gasteiger partial charge in [-0.3, -0.25) is 4.79 Å². The molecule has 0 spiro atoms. The lowest BCUT2D eigenvalue weighted by molar-refractivity contribution is 0.00454. The molecule has 0 saturated carbocycles. The van der Waals surface area contributed by atoms with Gasteiger partial charge in [0, 0.05) is 12.4 Å². The fourth-order valence-electron chi connectivity index (χ4n) is 1.65. The van der Waals surface area contributed by atoms with E-state index in [1.165, 1.54) is 6.26 Å². The first-order valence-electron chi connectivity index (χ1n) is 4.91. The molecule has 1 unspecified atom stereocenters. The number of halogens is 2. The van der Waals surface area contributed by atoms with Gasteiger partial charge in [-0.25, -0.2) is 0 Å². The number of morpholine rings is 1. The highest BCUT2D eigenvalue weighted by Gasteiger charge is 2.29. The fraction of sp³-hybridized carbons (Fsp3) is 0.500. The average Bonchev–Trinajstić information content (AvgIpc) is 2.74. The van der Waals surface area contributed by atoms with Gasteiger partial charge in [0.2, 0.25) is 5.22 Å². The van der Waals surface area contributed by atoms with Gasteiger partial charge in [0.05, 0.1) is 31.1 Å². The molecule has 1 saturated heterocycles. The van der Waals surface area contributed by atoms with E-state index in [4.69, 9.17) is 32.4 Å². The minimum atomic E-state index is -0.160. The molecule has 16 heavy (non-hydrogen) atoms. The Kier molecular flexibility index (Phi) is 3.74. The van der Waals surface area contributed by atoms with Crippen molar-refractivity contribution in [2.45, 2.75) is 6.04 Å². The van der Waals surface area contributed by atoms with Crippen molar-refractivity contribution in [1.29, 1.82) is 0 Å². The molecular formula is C10H11Cl2NO3. The molecule has 6 heteroatoms. The minimum Gasteiger partial charge on any atom is -0.452 e. The van der Waals surface area contributed by atoms with E-state index in [1.807, 2.05) is 0 Å². The normalized spacial score (nSPS) is 21.1. The Balaban J connectivity index is 2.17. The van der Waals surface area contributed by atoms with Crippen LogP contribution in [0.25, 0.3) is 0 Å². The van der Waals surface area contributed by atoms with E-state index in [-0.39, 0.29) is 17.2 Å². The Morgan fingerprint density at radius 3 is 3.06 bits per heavy atom. The number of nitrogens with zero attached hydrogens (tertiary/aromatic N) is 1. The van der Waals surface area contributed by atoms with Crippen molar-refractivity contribution >= 4 is 29.1 Å². The van der Waals surface area contributed by atoms with Crippen LogP contribution < -0.4 is 0 Å². The van der Waals surface area contributed by atoms with Crippen LogP contribution in [0.4, 0.5) is 0 Å². The molecule has 88 valence electrons. The van der Waals surface area contributed by atoms with E-state index in [0.29, 0.717) is 31.2 Å². The van der Waals surface area contributed by atoms with Crippen LogP contribution in [0, 0.1) is 0 Å². The van der Waals surface area contributed by atoms with Crippen molar-refractivity contribution in [3.8, 4) is 0 Å². The molecule has 2 rings (SSSR count). The van der Waals surface area contributed by atoms with Gasteiger partial charge in [-0.05, 0) is 17.7 Å². The summed E-state index contributed by atoms with van der Waals surface area (Å²) in [6.45, 7) is 1.51. The first kappa shape index (κ1) is 11.8. The summed E-state index contributed by atoms with van der Waals surface area (Å²) in [5.41, 5.74) is 0.374. The molecule has 4 nitrogen and oxygen atoms in total. The van der Waals surface area contributed by atoms with Gasteiger partial charge in [0.25, 0.3) is 5.91 Å². The zero-order chi connectivity index (χ0) is 11.5. The molecule has 1 aromatic heterocycles. The van der Waals surface area contributed by atoms with E-state index in [0.717, 1.165) is 0 Å². The smallest absolute Gasteiger partial charge is 0.259 e. The maximum Gasteiger partial charge on any atom is 0.259 e. The maximum absolute atomic E-state index is 12.1. The fourth-order valence-corrected chi connectivity index (χ4v) is 2.10. The van der Waals surface area contributed by atoms with Gasteiger partial charge in [0.1, 0.15) is 0 Å². The van der Waals surface area contributed by atoms with Crippen LogP contribution in [0.2, 0.25) is 5.22 Å². The van der Waals surface area contributed by atoms with Crippen LogP contribution in [0.3, 0.4) is 0 Å². The molecule has 1 fully saturated rings. The van der Waals surface area contributed by atoms with Crippen molar-refractivity contribution in [2.75, 3.05) is 25.6 Å². The topological polar surface area (TPSA) is 42.7 Å². The summed E-state index contributed by atoms with van der Waals surface area (Å²) in [7, 11) is 0. The van der Waals surface area contributed by atoms with Crippen molar-refractivity contribution in [2.24, 2.45) is 0 Å². The molecule has 1 aliphatic rings. The number of furan rings is 1. The summed E-state index contributed by atoms with van der Waals surface area (Å²) in [5.74, 6) is 0.189. The highest BCUT2D eigenvalue weighted by atomic mass is 35.5. The maximum atomic E-state index is 12.1. The summed E-state index contributed by atoms with van der Waals surface area (Å²) < 4.78 is 10.2. The van der Waals surface area contributed by atoms with E-state index in [9.17, 15) is 4.79 Å². The number of hydrogen-bond acceptors (Lipinski definition) is 3. The molecule has 0 aliphatic carbocycles. The Bertz CT molecular complexity index is 380. The van der Waals surface area contributed by atoms with Gasteiger partial charge < -0.3 is 14.1 Å². The Hall–Kier alpha value is -0.710. The predicted octanol–water partition coefficient (Wildman–Crippen LogP) is 2.01. The third kappa shape index (κ3) is 2.19. The second-order valence-corrected chi connectivity index (χ2v) is 4.14. The quantitative estimate of drug-likeness (QED) is 0.767. The first-order chi connectivity index (χ1) is 7.74. The second kappa shape index (κ2) is 5.08. The van der Waals surface area contributed by atoms with Gasteiger partial charge in [-0.2, -0.15) is 0 Å². The standard InChI is InChI=1S/C10H11Cl2NO3/c11-5-7-6-15-4-2-13(7)10(14)8-1-3-16-9(8)12/h1,3,7H,2,4-6H2. The van der Waals surface area contributed by atoms with Crippen LogP contribution in [0.5, 0.6) is 0 Å². The first-order valence-corrected chi connectivity index (χ1v) is 5.83. The minimum absolute atomic E-state index is 0.103. The SMILES string of the molecule is O=C(c1ccoc1Cl)N1CCOCC1CCl. The summed E-state index contributed by atoms with van der Waals surface area (Å²) >= 11 is 11.6. The third-order valence-electron chi connectivity index (χ3n) is 2.51. The number of alkyl halides is 1. The molecular weight excluding hydrogens is 253 g/mol. The predicted molar refractivity (Wildman–Crippen MR) is 60.1 cm³/mol. The van der Waals surface area contributed by atoms with Crippen LogP contribution in [-0.2, 0) is 4.74 Å². The van der Waals surface area contributed by atoms with Gasteiger partial charge in [0.15, 0.2) is 0 Å². The lowest BCUT2D eigenvalue weighted by Crippen LogP contribution is -2.49. The van der Waals surface area contributed by atoms with E-state index in [1.54, 1.807) is 11.0 Å². The molecule has 1 aromatic rings. The van der Waals surface area contributed by atoms with Gasteiger partial charge in [-0.15, -0.1) is 11.6 Å². The van der Waals surface area contributed by atoms with Crippen LogP contribution in [0.1, 0.15) is 10.4 Å². The number of rotatable bonds is 2. The molecule has 2 heterocycles. The number of amides is 1. The van der Waals surface area contributed by atoms with Crippen molar-refractivity contribution in [3.63, 3.8) is 0 Å². The molecule has 0 N–H and O–H groups in total. The van der Waals surface area contributed by atoms with Crippen molar-refractivity contribution in [1.82, 2.24) is 4.90 Å². The summed E-state index contributed by atoms with van der Waals surface area (Å²) in [5, 5.41) is 0.116. The molecule has 0 aromatic carbocycles. The Labute approximate surface area is 103 Å². The van der Waals surface area contributed by atoms with E-state index in [2.05, 4.69) is 0 Å². The molecule has 0 radical (unpaired) electrons. The highest BCUT2D eigenvalue weighted by Crippen LogP contribution is 2.21. The number of ether oxygens (including phenoxy) is 1. The van der Waals surface area contributed by atoms with Crippen molar-refractivity contribution < 1.29 is 13.9 Å². The monoisotopic (exact) mass is 263 g/mol. The van der Waals surface area contributed by atoms with Crippen molar-refractivity contribution in [3.05, 3.63) is 23.1 Å².